The van der Waals surface area contributed by atoms with Crippen LogP contribution in [0.2, 0.25) is 5.02 Å². The fourth-order valence-corrected chi connectivity index (χ4v) is 5.63. The fraction of sp³-hybridized carbons (Fsp3) is 0.259. The van der Waals surface area contributed by atoms with E-state index in [0.717, 1.165) is 6.42 Å². The lowest BCUT2D eigenvalue weighted by molar-refractivity contribution is 0.102. The molecule has 1 aliphatic rings. The molecule has 1 fully saturated rings. The van der Waals surface area contributed by atoms with E-state index in [9.17, 15) is 18.0 Å². The molecule has 3 N–H and O–H groups in total. The third kappa shape index (κ3) is 5.86. The molecule has 0 radical (unpaired) electrons. The summed E-state index contributed by atoms with van der Waals surface area (Å²) in [4.78, 5) is 17.6. The van der Waals surface area contributed by atoms with Gasteiger partial charge >= 0.3 is 0 Å². The quantitative estimate of drug-likeness (QED) is 0.224. The van der Waals surface area contributed by atoms with E-state index in [2.05, 4.69) is 29.1 Å². The minimum Gasteiger partial charge on any atom is -0.327 e. The smallest absolute Gasteiger partial charge is 0.255 e. The van der Waals surface area contributed by atoms with Gasteiger partial charge in [0.1, 0.15) is 5.69 Å². The van der Waals surface area contributed by atoms with Crippen molar-refractivity contribution >= 4 is 35.0 Å². The zero-order chi connectivity index (χ0) is 26.0. The molecule has 1 amide bonds. The summed E-state index contributed by atoms with van der Waals surface area (Å²) in [5, 5.41) is 2.81. The molecule has 9 heteroatoms. The number of halogens is 4. The first kappa shape index (κ1) is 26.1. The first-order valence-corrected chi connectivity index (χ1v) is 12.4. The second-order valence-electron chi connectivity index (χ2n) is 8.99. The van der Waals surface area contributed by atoms with Gasteiger partial charge in [0, 0.05) is 51.2 Å². The minimum atomic E-state index is -1.60. The molecule has 1 saturated carbocycles. The number of nitrogens with two attached hydrogens (primary N) is 1. The van der Waals surface area contributed by atoms with Crippen molar-refractivity contribution < 1.29 is 18.0 Å². The van der Waals surface area contributed by atoms with Gasteiger partial charge in [-0.05, 0) is 62.4 Å². The lowest BCUT2D eigenvalue weighted by Gasteiger charge is -2.22. The molecule has 0 spiro atoms. The van der Waals surface area contributed by atoms with E-state index >= 15 is 0 Å². The molecular weight excluding hydrogens is 507 g/mol. The van der Waals surface area contributed by atoms with E-state index in [0.29, 0.717) is 27.7 Å². The van der Waals surface area contributed by atoms with Crippen molar-refractivity contribution in [1.82, 2.24) is 4.98 Å². The Morgan fingerprint density at radius 2 is 1.94 bits per heavy atom. The number of aromatic nitrogens is 1. The summed E-state index contributed by atoms with van der Waals surface area (Å²) in [6, 6.07) is 11.5. The van der Waals surface area contributed by atoms with Crippen molar-refractivity contribution in [2.24, 2.45) is 17.1 Å². The van der Waals surface area contributed by atoms with Crippen LogP contribution in [0.3, 0.4) is 0 Å². The van der Waals surface area contributed by atoms with Gasteiger partial charge in [-0.2, -0.15) is 0 Å². The van der Waals surface area contributed by atoms with Crippen molar-refractivity contribution in [3.8, 4) is 11.8 Å². The standard InChI is InChI=1S/C27H23ClF3N3OS/c1-15(32)25(19-14-27(19,2)9-8-17-5-3-4-10-33-17)36-23-11-16(6-7-20(23)28)26(35)34-18-12-21(29)24(31)22(30)13-18/h3-7,10-13,15,19,25H,14,32H2,1-2H3,(H,34,35). The summed E-state index contributed by atoms with van der Waals surface area (Å²) in [6.45, 7) is 4.01. The Balaban J connectivity index is 1.51. The normalized spacial score (nSPS) is 20.1. The number of nitrogens with zero attached hydrogens (tertiary/aromatic N) is 1. The third-order valence-corrected chi connectivity index (χ3v) is 8.12. The Kier molecular flexibility index (Phi) is 7.65. The molecule has 4 unspecified atom stereocenters. The molecule has 4 rings (SSSR count). The maximum absolute atomic E-state index is 13.5. The molecule has 4 nitrogen and oxygen atoms in total. The van der Waals surface area contributed by atoms with E-state index in [1.807, 2.05) is 25.1 Å². The number of hydrogen-bond acceptors (Lipinski definition) is 4. The summed E-state index contributed by atoms with van der Waals surface area (Å²) in [6.07, 6.45) is 2.57. The molecule has 36 heavy (non-hydrogen) atoms. The lowest BCUT2D eigenvalue weighted by atomic mass is 10.0. The largest absolute Gasteiger partial charge is 0.327 e. The predicted molar refractivity (Wildman–Crippen MR) is 136 cm³/mol. The van der Waals surface area contributed by atoms with Crippen LogP contribution in [-0.4, -0.2) is 22.2 Å². The average molecular weight is 530 g/mol. The minimum absolute atomic E-state index is 0.0239. The van der Waals surface area contributed by atoms with Gasteiger partial charge in [0.25, 0.3) is 5.91 Å². The van der Waals surface area contributed by atoms with Crippen molar-refractivity contribution in [3.63, 3.8) is 0 Å². The summed E-state index contributed by atoms with van der Waals surface area (Å²) in [5.41, 5.74) is 6.85. The molecule has 2 aromatic carbocycles. The van der Waals surface area contributed by atoms with Crippen LogP contribution in [0.4, 0.5) is 18.9 Å². The number of carbonyl (C=O) groups excluding carboxylic acids is 1. The Hall–Kier alpha value is -2.99. The SMILES string of the molecule is CC(N)C(Sc1cc(C(=O)Nc2cc(F)c(F)c(F)c2)ccc1Cl)C1CC1(C)C#Cc1ccccn1. The second kappa shape index (κ2) is 10.6. The molecule has 4 atom stereocenters. The van der Waals surface area contributed by atoms with Crippen LogP contribution in [0.25, 0.3) is 0 Å². The van der Waals surface area contributed by atoms with Crippen LogP contribution >= 0.6 is 23.4 Å². The van der Waals surface area contributed by atoms with Gasteiger partial charge in [-0.1, -0.05) is 23.6 Å². The van der Waals surface area contributed by atoms with Crippen molar-refractivity contribution in [1.29, 1.82) is 0 Å². The first-order chi connectivity index (χ1) is 17.1. The predicted octanol–water partition coefficient (Wildman–Crippen LogP) is 6.29. The monoisotopic (exact) mass is 529 g/mol. The van der Waals surface area contributed by atoms with Crippen molar-refractivity contribution in [2.75, 3.05) is 5.32 Å². The molecule has 3 aromatic rings. The van der Waals surface area contributed by atoms with Crippen LogP contribution in [0.5, 0.6) is 0 Å². The van der Waals surface area contributed by atoms with Gasteiger partial charge in [-0.3, -0.25) is 4.79 Å². The highest BCUT2D eigenvalue weighted by Crippen LogP contribution is 2.58. The number of benzene rings is 2. The number of anilines is 1. The zero-order valence-electron chi connectivity index (χ0n) is 19.5. The maximum Gasteiger partial charge on any atom is 0.255 e. The number of rotatable bonds is 6. The topological polar surface area (TPSA) is 68.0 Å². The molecule has 1 heterocycles. The van der Waals surface area contributed by atoms with Crippen LogP contribution in [0.15, 0.2) is 59.6 Å². The van der Waals surface area contributed by atoms with Gasteiger partial charge in [0.2, 0.25) is 0 Å². The van der Waals surface area contributed by atoms with Crippen LogP contribution in [0.1, 0.15) is 36.3 Å². The molecule has 1 aromatic heterocycles. The number of carbonyl (C=O) groups is 1. The zero-order valence-corrected chi connectivity index (χ0v) is 21.1. The molecule has 186 valence electrons. The van der Waals surface area contributed by atoms with E-state index < -0.39 is 23.4 Å². The van der Waals surface area contributed by atoms with E-state index in [4.69, 9.17) is 17.3 Å². The highest BCUT2D eigenvalue weighted by atomic mass is 35.5. The van der Waals surface area contributed by atoms with Gasteiger partial charge in [0.15, 0.2) is 17.5 Å². The summed E-state index contributed by atoms with van der Waals surface area (Å²) in [7, 11) is 0. The first-order valence-electron chi connectivity index (χ1n) is 11.2. The number of thioether (sulfide) groups is 1. The number of nitrogens with one attached hydrogen (secondary N) is 1. The van der Waals surface area contributed by atoms with Gasteiger partial charge < -0.3 is 11.1 Å². The molecule has 1 aliphatic carbocycles. The Morgan fingerprint density at radius 3 is 2.58 bits per heavy atom. The summed E-state index contributed by atoms with van der Waals surface area (Å²) >= 11 is 7.91. The number of pyridine rings is 1. The molecular formula is C27H23ClF3N3OS. The number of hydrogen-bond donors (Lipinski definition) is 2. The van der Waals surface area contributed by atoms with Crippen molar-refractivity contribution in [2.45, 2.75) is 36.5 Å². The Labute approximate surface area is 216 Å². The van der Waals surface area contributed by atoms with Crippen LogP contribution < -0.4 is 11.1 Å². The van der Waals surface area contributed by atoms with Crippen LogP contribution in [-0.2, 0) is 0 Å². The summed E-state index contributed by atoms with van der Waals surface area (Å²) < 4.78 is 40.2. The van der Waals surface area contributed by atoms with E-state index in [1.54, 1.807) is 18.3 Å². The van der Waals surface area contributed by atoms with Gasteiger partial charge in [-0.15, -0.1) is 11.8 Å². The van der Waals surface area contributed by atoms with E-state index in [1.165, 1.54) is 17.8 Å². The Bertz CT molecular complexity index is 1340. The number of amides is 1. The molecule has 0 bridgehead atoms. The highest BCUT2D eigenvalue weighted by Gasteiger charge is 2.54. The van der Waals surface area contributed by atoms with Crippen molar-refractivity contribution in [3.05, 3.63) is 88.5 Å². The molecule has 0 aliphatic heterocycles. The fourth-order valence-electron chi connectivity index (χ4n) is 3.93. The third-order valence-electron chi connectivity index (χ3n) is 6.06. The Morgan fingerprint density at radius 1 is 1.22 bits per heavy atom. The van der Waals surface area contributed by atoms with Gasteiger partial charge in [-0.25, -0.2) is 18.2 Å². The second-order valence-corrected chi connectivity index (χ2v) is 10.6. The van der Waals surface area contributed by atoms with Gasteiger partial charge in [0.05, 0.1) is 5.02 Å². The lowest BCUT2D eigenvalue weighted by Crippen LogP contribution is -2.32. The average Bonchev–Trinajstić information content (AvgIpc) is 3.51. The highest BCUT2D eigenvalue weighted by molar-refractivity contribution is 8.00. The maximum atomic E-state index is 13.5. The molecule has 0 saturated heterocycles. The van der Waals surface area contributed by atoms with Crippen LogP contribution in [0, 0.1) is 40.6 Å². The van der Waals surface area contributed by atoms with E-state index in [-0.39, 0.29) is 33.9 Å². The summed E-state index contributed by atoms with van der Waals surface area (Å²) in [5.74, 6) is 1.68.